The van der Waals surface area contributed by atoms with Gasteiger partial charge < -0.3 is 9.84 Å². The van der Waals surface area contributed by atoms with Gasteiger partial charge in [-0.3, -0.25) is 0 Å². The molecule has 1 fully saturated rings. The van der Waals surface area contributed by atoms with Crippen molar-refractivity contribution in [1.82, 2.24) is 15.5 Å². The maximum Gasteiger partial charge on any atom is 0.228 e. The van der Waals surface area contributed by atoms with Crippen LogP contribution in [0.4, 0.5) is 4.39 Å². The molecule has 2 heterocycles. The minimum absolute atomic E-state index is 0.121. The average molecular weight is 325 g/mol. The van der Waals surface area contributed by atoms with E-state index in [-0.39, 0.29) is 23.9 Å². The van der Waals surface area contributed by atoms with Gasteiger partial charge in [-0.2, -0.15) is 4.98 Å². The van der Waals surface area contributed by atoms with Gasteiger partial charge in [0.15, 0.2) is 9.84 Å². The number of benzene rings is 1. The summed E-state index contributed by atoms with van der Waals surface area (Å²) in [4.78, 5) is 4.24. The molecule has 1 saturated heterocycles. The molecular weight excluding hydrogens is 309 g/mol. The van der Waals surface area contributed by atoms with Gasteiger partial charge >= 0.3 is 0 Å². The van der Waals surface area contributed by atoms with E-state index >= 15 is 0 Å². The SMILES string of the molecule is Cc1cc(F)ccc1-c1noc(CC2CNCCS2(=O)=O)n1. The Morgan fingerprint density at radius 3 is 3.00 bits per heavy atom. The number of hydrogen-bond acceptors (Lipinski definition) is 6. The van der Waals surface area contributed by atoms with Gasteiger partial charge in [0.05, 0.1) is 11.0 Å². The zero-order valence-corrected chi connectivity index (χ0v) is 12.9. The fraction of sp³-hybridized carbons (Fsp3) is 0.429. The van der Waals surface area contributed by atoms with Gasteiger partial charge in [0, 0.05) is 25.1 Å². The third kappa shape index (κ3) is 3.02. The third-order valence-electron chi connectivity index (χ3n) is 3.74. The van der Waals surface area contributed by atoms with E-state index in [1.807, 2.05) is 0 Å². The molecule has 3 rings (SSSR count). The van der Waals surface area contributed by atoms with Crippen LogP contribution >= 0.6 is 0 Å². The molecule has 0 amide bonds. The van der Waals surface area contributed by atoms with E-state index < -0.39 is 15.1 Å². The van der Waals surface area contributed by atoms with Gasteiger partial charge in [-0.25, -0.2) is 12.8 Å². The number of hydrogen-bond donors (Lipinski definition) is 1. The second-order valence-electron chi connectivity index (χ2n) is 5.37. The third-order valence-corrected chi connectivity index (χ3v) is 5.87. The van der Waals surface area contributed by atoms with Crippen LogP contribution in [0.15, 0.2) is 22.7 Å². The van der Waals surface area contributed by atoms with Gasteiger partial charge in [-0.15, -0.1) is 0 Å². The molecule has 6 nitrogen and oxygen atoms in total. The number of nitrogens with one attached hydrogen (secondary N) is 1. The molecule has 0 spiro atoms. The maximum absolute atomic E-state index is 13.1. The van der Waals surface area contributed by atoms with Crippen molar-refractivity contribution in [3.8, 4) is 11.4 Å². The molecular formula is C14H16FN3O3S. The molecule has 0 radical (unpaired) electrons. The Morgan fingerprint density at radius 2 is 2.27 bits per heavy atom. The summed E-state index contributed by atoms with van der Waals surface area (Å²) in [6.07, 6.45) is 0.183. The molecule has 8 heteroatoms. The molecule has 1 aliphatic rings. The van der Waals surface area contributed by atoms with E-state index in [4.69, 9.17) is 4.52 Å². The Balaban J connectivity index is 1.82. The van der Waals surface area contributed by atoms with Gasteiger partial charge in [0.25, 0.3) is 0 Å². The highest BCUT2D eigenvalue weighted by Gasteiger charge is 2.30. The molecule has 1 unspecified atom stereocenters. The molecule has 1 aliphatic heterocycles. The second-order valence-corrected chi connectivity index (χ2v) is 7.77. The van der Waals surface area contributed by atoms with Crippen LogP contribution in [0.1, 0.15) is 11.5 Å². The summed E-state index contributed by atoms with van der Waals surface area (Å²) < 4.78 is 42.2. The molecule has 2 aromatic rings. The van der Waals surface area contributed by atoms with E-state index in [9.17, 15) is 12.8 Å². The van der Waals surface area contributed by atoms with Crippen molar-refractivity contribution in [3.63, 3.8) is 0 Å². The molecule has 22 heavy (non-hydrogen) atoms. The van der Waals surface area contributed by atoms with E-state index in [1.165, 1.54) is 12.1 Å². The largest absolute Gasteiger partial charge is 0.339 e. The molecule has 0 aliphatic carbocycles. The van der Waals surface area contributed by atoms with Gasteiger partial charge in [-0.1, -0.05) is 5.16 Å². The summed E-state index contributed by atoms with van der Waals surface area (Å²) in [7, 11) is -3.13. The normalized spacial score (nSPS) is 20.9. The summed E-state index contributed by atoms with van der Waals surface area (Å²) in [5, 5.41) is 6.37. The van der Waals surface area contributed by atoms with Crippen LogP contribution in [0, 0.1) is 12.7 Å². The first-order chi connectivity index (χ1) is 10.5. The Hall–Kier alpha value is -1.80. The highest BCUT2D eigenvalue weighted by Crippen LogP contribution is 2.22. The highest BCUT2D eigenvalue weighted by atomic mass is 32.2. The van der Waals surface area contributed by atoms with E-state index in [0.29, 0.717) is 30.0 Å². The van der Waals surface area contributed by atoms with Crippen LogP contribution in [0.5, 0.6) is 0 Å². The predicted octanol–water partition coefficient (Wildman–Crippen LogP) is 1.11. The summed E-state index contributed by atoms with van der Waals surface area (Å²) >= 11 is 0. The monoisotopic (exact) mass is 325 g/mol. The Bertz CT molecular complexity index is 788. The quantitative estimate of drug-likeness (QED) is 0.910. The molecule has 1 aromatic heterocycles. The number of aryl methyl sites for hydroxylation is 1. The Kier molecular flexibility index (Phi) is 3.96. The number of sulfone groups is 1. The molecule has 1 N–H and O–H groups in total. The van der Waals surface area contributed by atoms with Crippen molar-refractivity contribution in [2.45, 2.75) is 18.6 Å². The number of halogens is 1. The lowest BCUT2D eigenvalue weighted by molar-refractivity contribution is 0.373. The molecule has 0 saturated carbocycles. The summed E-state index contributed by atoms with van der Waals surface area (Å²) in [6.45, 7) is 2.61. The minimum Gasteiger partial charge on any atom is -0.339 e. The lowest BCUT2D eigenvalue weighted by Gasteiger charge is -2.21. The van der Waals surface area contributed by atoms with Crippen molar-refractivity contribution in [1.29, 1.82) is 0 Å². The maximum atomic E-state index is 13.1. The van der Waals surface area contributed by atoms with Crippen LogP contribution in [0.25, 0.3) is 11.4 Å². The van der Waals surface area contributed by atoms with Crippen LogP contribution in [0.2, 0.25) is 0 Å². The van der Waals surface area contributed by atoms with E-state index in [0.717, 1.165) is 0 Å². The molecule has 1 atom stereocenters. The lowest BCUT2D eigenvalue weighted by atomic mass is 10.1. The summed E-state index contributed by atoms with van der Waals surface area (Å²) in [6, 6.07) is 4.30. The number of rotatable bonds is 3. The molecule has 1 aromatic carbocycles. The van der Waals surface area contributed by atoms with Crippen molar-refractivity contribution in [2.75, 3.05) is 18.8 Å². The summed E-state index contributed by atoms with van der Waals surface area (Å²) in [5.74, 6) is 0.407. The number of nitrogens with zero attached hydrogens (tertiary/aromatic N) is 2. The smallest absolute Gasteiger partial charge is 0.228 e. The number of aromatic nitrogens is 2. The highest BCUT2D eigenvalue weighted by molar-refractivity contribution is 7.92. The Labute approximate surface area is 127 Å². The predicted molar refractivity (Wildman–Crippen MR) is 78.6 cm³/mol. The van der Waals surface area contributed by atoms with Crippen molar-refractivity contribution in [3.05, 3.63) is 35.5 Å². The van der Waals surface area contributed by atoms with Gasteiger partial charge in [0.1, 0.15) is 5.82 Å². The topological polar surface area (TPSA) is 85.1 Å². The zero-order chi connectivity index (χ0) is 15.7. The standard InChI is InChI=1S/C14H16FN3O3S/c1-9-6-10(15)2-3-12(9)14-17-13(21-18-14)7-11-8-16-4-5-22(11,19)20/h2-3,6,11,16H,4-5,7-8H2,1H3. The van der Waals surface area contributed by atoms with Gasteiger partial charge in [0.2, 0.25) is 11.7 Å². The first-order valence-corrected chi connectivity index (χ1v) is 8.68. The fourth-order valence-corrected chi connectivity index (χ4v) is 4.02. The zero-order valence-electron chi connectivity index (χ0n) is 12.0. The lowest BCUT2D eigenvalue weighted by Crippen LogP contribution is -2.45. The van der Waals surface area contributed by atoms with Crippen molar-refractivity contribution < 1.29 is 17.3 Å². The fourth-order valence-electron chi connectivity index (χ4n) is 2.49. The molecule has 0 bridgehead atoms. The van der Waals surface area contributed by atoms with E-state index in [1.54, 1.807) is 13.0 Å². The average Bonchev–Trinajstić information content (AvgIpc) is 2.89. The van der Waals surface area contributed by atoms with Crippen LogP contribution in [-0.2, 0) is 16.3 Å². The van der Waals surface area contributed by atoms with Gasteiger partial charge in [-0.05, 0) is 30.7 Å². The van der Waals surface area contributed by atoms with Crippen LogP contribution in [0.3, 0.4) is 0 Å². The summed E-state index contributed by atoms with van der Waals surface area (Å²) in [5.41, 5.74) is 1.36. The van der Waals surface area contributed by atoms with Crippen molar-refractivity contribution >= 4 is 9.84 Å². The van der Waals surface area contributed by atoms with Crippen LogP contribution < -0.4 is 5.32 Å². The van der Waals surface area contributed by atoms with Crippen molar-refractivity contribution in [2.24, 2.45) is 0 Å². The minimum atomic E-state index is -3.13. The van der Waals surface area contributed by atoms with E-state index in [2.05, 4.69) is 15.5 Å². The Morgan fingerprint density at radius 1 is 1.45 bits per heavy atom. The second kappa shape index (κ2) is 5.77. The first-order valence-electron chi connectivity index (χ1n) is 6.97. The molecule has 118 valence electrons. The van der Waals surface area contributed by atoms with Crippen LogP contribution in [-0.4, -0.2) is 42.7 Å². The first kappa shape index (κ1) is 15.1.